The molecule has 0 radical (unpaired) electrons. The van der Waals surface area contributed by atoms with Crippen LogP contribution in [0.4, 0.5) is 0 Å². The molecule has 1 fully saturated rings. The van der Waals surface area contributed by atoms with Gasteiger partial charge in [-0.2, -0.15) is 0 Å². The van der Waals surface area contributed by atoms with Crippen molar-refractivity contribution in [2.75, 3.05) is 13.1 Å². The van der Waals surface area contributed by atoms with E-state index in [0.29, 0.717) is 0 Å². The number of aliphatic hydroxyl groups excluding tert-OH is 1. The quantitative estimate of drug-likeness (QED) is 0.431. The van der Waals surface area contributed by atoms with Gasteiger partial charge in [-0.05, 0) is 30.9 Å². The molecule has 1 atom stereocenters. The number of nitrogens with zero attached hydrogens (tertiary/aromatic N) is 1. The Morgan fingerprint density at radius 1 is 1.40 bits per heavy atom. The zero-order valence-corrected chi connectivity index (χ0v) is 11.9. The lowest BCUT2D eigenvalue weighted by atomic mass is 9.99. The Bertz CT molecular complexity index is 439. The number of benzene rings is 1. The molecule has 1 heterocycles. The van der Waals surface area contributed by atoms with Crippen LogP contribution in [0, 0.1) is 0 Å². The van der Waals surface area contributed by atoms with Gasteiger partial charge in [0.2, 0.25) is 5.91 Å². The average molecular weight is 277 g/mol. The van der Waals surface area contributed by atoms with Crippen LogP contribution in [0.15, 0.2) is 24.3 Å². The van der Waals surface area contributed by atoms with Gasteiger partial charge in [0.25, 0.3) is 0 Å². The number of rotatable bonds is 4. The number of hydrazine groups is 1. The second kappa shape index (κ2) is 6.83. The lowest BCUT2D eigenvalue weighted by molar-refractivity contribution is -0.122. The third-order valence-electron chi connectivity index (χ3n) is 3.98. The number of hydrogen-bond donors (Lipinski definition) is 3. The fourth-order valence-electron chi connectivity index (χ4n) is 2.52. The maximum absolute atomic E-state index is 11.5. The molecule has 5 heteroatoms. The molecule has 1 aromatic rings. The van der Waals surface area contributed by atoms with E-state index in [4.69, 9.17) is 5.84 Å². The summed E-state index contributed by atoms with van der Waals surface area (Å²) in [5, 5.41) is 9.49. The zero-order chi connectivity index (χ0) is 14.5. The molecule has 110 valence electrons. The first-order valence-corrected chi connectivity index (χ1v) is 7.10. The standard InChI is InChI=1S/C15H23N3O2/c1-11(15(20)17-16)13-4-2-12(3-5-13)10-18-8-6-14(19)7-9-18/h2-5,11,14,19H,6-10,16H2,1H3,(H,17,20). The number of aliphatic hydroxyl groups is 1. The summed E-state index contributed by atoms with van der Waals surface area (Å²) in [4.78, 5) is 13.8. The van der Waals surface area contributed by atoms with Crippen LogP contribution in [-0.2, 0) is 11.3 Å². The van der Waals surface area contributed by atoms with Gasteiger partial charge in [-0.3, -0.25) is 15.1 Å². The second-order valence-corrected chi connectivity index (χ2v) is 5.48. The third-order valence-corrected chi connectivity index (χ3v) is 3.98. The molecule has 0 saturated carbocycles. The van der Waals surface area contributed by atoms with E-state index in [2.05, 4.69) is 22.5 Å². The largest absolute Gasteiger partial charge is 0.393 e. The van der Waals surface area contributed by atoms with Gasteiger partial charge in [-0.15, -0.1) is 0 Å². The number of nitrogens with one attached hydrogen (secondary N) is 1. The van der Waals surface area contributed by atoms with Gasteiger partial charge in [0.15, 0.2) is 0 Å². The van der Waals surface area contributed by atoms with Gasteiger partial charge in [-0.1, -0.05) is 24.3 Å². The molecule has 1 amide bonds. The van der Waals surface area contributed by atoms with Crippen molar-refractivity contribution in [1.82, 2.24) is 10.3 Å². The first kappa shape index (κ1) is 15.0. The molecular formula is C15H23N3O2. The summed E-state index contributed by atoms with van der Waals surface area (Å²) in [5.74, 6) is 4.73. The minimum Gasteiger partial charge on any atom is -0.393 e. The van der Waals surface area contributed by atoms with Crippen molar-refractivity contribution < 1.29 is 9.90 Å². The van der Waals surface area contributed by atoms with E-state index >= 15 is 0 Å². The van der Waals surface area contributed by atoms with Crippen LogP contribution >= 0.6 is 0 Å². The van der Waals surface area contributed by atoms with E-state index in [1.807, 2.05) is 19.1 Å². The number of carbonyl (C=O) groups excluding carboxylic acids is 1. The molecular weight excluding hydrogens is 254 g/mol. The molecule has 0 aromatic heterocycles. The summed E-state index contributed by atoms with van der Waals surface area (Å²) in [5.41, 5.74) is 4.37. The molecule has 4 N–H and O–H groups in total. The first-order chi connectivity index (χ1) is 9.60. The number of nitrogens with two attached hydrogens (primary N) is 1. The summed E-state index contributed by atoms with van der Waals surface area (Å²) in [7, 11) is 0. The van der Waals surface area contributed by atoms with Gasteiger partial charge < -0.3 is 5.11 Å². The fraction of sp³-hybridized carbons (Fsp3) is 0.533. The molecule has 1 unspecified atom stereocenters. The SMILES string of the molecule is CC(C(=O)NN)c1ccc(CN2CCC(O)CC2)cc1. The topological polar surface area (TPSA) is 78.6 Å². The highest BCUT2D eigenvalue weighted by atomic mass is 16.3. The molecule has 2 rings (SSSR count). The third kappa shape index (κ3) is 3.79. The molecule has 0 spiro atoms. The zero-order valence-electron chi connectivity index (χ0n) is 11.9. The summed E-state index contributed by atoms with van der Waals surface area (Å²) in [6, 6.07) is 8.07. The van der Waals surface area contributed by atoms with Gasteiger partial charge in [0, 0.05) is 19.6 Å². The summed E-state index contributed by atoms with van der Waals surface area (Å²) < 4.78 is 0. The van der Waals surface area contributed by atoms with Crippen molar-refractivity contribution in [1.29, 1.82) is 0 Å². The maximum Gasteiger partial charge on any atom is 0.241 e. The van der Waals surface area contributed by atoms with Gasteiger partial charge in [0.1, 0.15) is 0 Å². The number of hydrogen-bond acceptors (Lipinski definition) is 4. The Morgan fingerprint density at radius 2 is 2.00 bits per heavy atom. The summed E-state index contributed by atoms with van der Waals surface area (Å²) in [6.45, 7) is 4.61. The van der Waals surface area contributed by atoms with Crippen molar-refractivity contribution in [3.05, 3.63) is 35.4 Å². The summed E-state index contributed by atoms with van der Waals surface area (Å²) >= 11 is 0. The van der Waals surface area contributed by atoms with Crippen LogP contribution in [0.2, 0.25) is 0 Å². The second-order valence-electron chi connectivity index (χ2n) is 5.48. The molecule has 1 aliphatic heterocycles. The Balaban J connectivity index is 1.93. The molecule has 1 saturated heterocycles. The van der Waals surface area contributed by atoms with E-state index in [1.165, 1.54) is 5.56 Å². The Labute approximate surface area is 119 Å². The molecule has 1 aromatic carbocycles. The van der Waals surface area contributed by atoms with Gasteiger partial charge >= 0.3 is 0 Å². The lowest BCUT2D eigenvalue weighted by Gasteiger charge is -2.29. The van der Waals surface area contributed by atoms with Crippen molar-refractivity contribution in [2.45, 2.75) is 38.3 Å². The number of piperidine rings is 1. The van der Waals surface area contributed by atoms with Gasteiger partial charge in [-0.25, -0.2) is 5.84 Å². The highest BCUT2D eigenvalue weighted by molar-refractivity contribution is 5.82. The Morgan fingerprint density at radius 3 is 2.55 bits per heavy atom. The van der Waals surface area contributed by atoms with Crippen LogP contribution < -0.4 is 11.3 Å². The predicted molar refractivity (Wildman–Crippen MR) is 77.7 cm³/mol. The van der Waals surface area contributed by atoms with Crippen molar-refractivity contribution >= 4 is 5.91 Å². The Kier molecular flexibility index (Phi) is 5.11. The average Bonchev–Trinajstić information content (AvgIpc) is 2.49. The highest BCUT2D eigenvalue weighted by Crippen LogP contribution is 2.18. The first-order valence-electron chi connectivity index (χ1n) is 7.10. The smallest absolute Gasteiger partial charge is 0.241 e. The van der Waals surface area contributed by atoms with Crippen LogP contribution in [0.25, 0.3) is 0 Å². The fourth-order valence-corrected chi connectivity index (χ4v) is 2.52. The van der Waals surface area contributed by atoms with Crippen LogP contribution in [0.3, 0.4) is 0 Å². The van der Waals surface area contributed by atoms with E-state index in [-0.39, 0.29) is 17.9 Å². The van der Waals surface area contributed by atoms with Crippen molar-refractivity contribution in [3.63, 3.8) is 0 Å². The lowest BCUT2D eigenvalue weighted by Crippen LogP contribution is -2.35. The van der Waals surface area contributed by atoms with Crippen LogP contribution in [0.5, 0.6) is 0 Å². The van der Waals surface area contributed by atoms with Crippen LogP contribution in [0.1, 0.15) is 36.8 Å². The molecule has 0 bridgehead atoms. The van der Waals surface area contributed by atoms with Crippen molar-refractivity contribution in [3.8, 4) is 0 Å². The highest BCUT2D eigenvalue weighted by Gasteiger charge is 2.17. The number of carbonyl (C=O) groups is 1. The molecule has 5 nitrogen and oxygen atoms in total. The van der Waals surface area contributed by atoms with E-state index < -0.39 is 0 Å². The Hall–Kier alpha value is -1.43. The van der Waals surface area contributed by atoms with Gasteiger partial charge in [0.05, 0.1) is 12.0 Å². The molecule has 1 aliphatic rings. The maximum atomic E-state index is 11.5. The van der Waals surface area contributed by atoms with E-state index in [0.717, 1.165) is 38.0 Å². The minimum atomic E-state index is -0.237. The molecule has 0 aliphatic carbocycles. The normalized spacial score (nSPS) is 18.8. The molecule has 20 heavy (non-hydrogen) atoms. The van der Waals surface area contributed by atoms with E-state index in [9.17, 15) is 9.90 Å². The van der Waals surface area contributed by atoms with Crippen LogP contribution in [-0.4, -0.2) is 35.1 Å². The minimum absolute atomic E-state index is 0.135. The number of amides is 1. The predicted octanol–water partition coefficient (Wildman–Crippen LogP) is 0.737. The van der Waals surface area contributed by atoms with E-state index in [1.54, 1.807) is 0 Å². The summed E-state index contributed by atoms with van der Waals surface area (Å²) in [6.07, 6.45) is 1.57. The van der Waals surface area contributed by atoms with Crippen molar-refractivity contribution in [2.24, 2.45) is 5.84 Å². The monoisotopic (exact) mass is 277 g/mol. The number of likely N-dealkylation sites (tertiary alicyclic amines) is 1.